The number of aryl methyl sites for hydroxylation is 1. The third kappa shape index (κ3) is 2.30. The summed E-state index contributed by atoms with van der Waals surface area (Å²) < 4.78 is 0. The van der Waals surface area contributed by atoms with E-state index in [-0.39, 0.29) is 0 Å². The van der Waals surface area contributed by atoms with Gasteiger partial charge < -0.3 is 4.90 Å². The van der Waals surface area contributed by atoms with Gasteiger partial charge in [-0.25, -0.2) is 0 Å². The maximum atomic E-state index is 9.03. The fourth-order valence-electron chi connectivity index (χ4n) is 1.63. The molecule has 0 aliphatic heterocycles. The van der Waals surface area contributed by atoms with Gasteiger partial charge in [0.25, 0.3) is 0 Å². The predicted molar refractivity (Wildman–Crippen MR) is 62.6 cm³/mol. The highest BCUT2D eigenvalue weighted by molar-refractivity contribution is 5.64. The van der Waals surface area contributed by atoms with Crippen LogP contribution in [-0.2, 0) is 0 Å². The lowest BCUT2D eigenvalue weighted by atomic mass is 10.1. The van der Waals surface area contributed by atoms with Crippen LogP contribution in [0.25, 0.3) is 0 Å². The van der Waals surface area contributed by atoms with E-state index in [0.29, 0.717) is 12.1 Å². The van der Waals surface area contributed by atoms with Crippen LogP contribution in [0.4, 0.5) is 5.69 Å². The number of anilines is 1. The van der Waals surface area contributed by atoms with E-state index in [4.69, 9.17) is 11.7 Å². The van der Waals surface area contributed by atoms with Crippen molar-refractivity contribution in [3.05, 3.63) is 29.3 Å². The van der Waals surface area contributed by atoms with Crippen LogP contribution in [0.1, 0.15) is 18.1 Å². The van der Waals surface area contributed by atoms with Gasteiger partial charge in [-0.1, -0.05) is 18.1 Å². The van der Waals surface area contributed by atoms with Gasteiger partial charge in [-0.15, -0.1) is 6.42 Å². The molecule has 2 nitrogen and oxygen atoms in total. The number of rotatable bonds is 3. The van der Waals surface area contributed by atoms with Crippen LogP contribution in [0.3, 0.4) is 0 Å². The molecule has 15 heavy (non-hydrogen) atoms. The van der Waals surface area contributed by atoms with E-state index in [1.54, 1.807) is 0 Å². The molecule has 0 saturated heterocycles. The van der Waals surface area contributed by atoms with Gasteiger partial charge in [-0.05, 0) is 25.5 Å². The molecule has 0 unspecified atom stereocenters. The molecule has 76 valence electrons. The smallest absolute Gasteiger partial charge is 0.101 e. The van der Waals surface area contributed by atoms with E-state index in [2.05, 4.69) is 12.0 Å². The van der Waals surface area contributed by atoms with Crippen molar-refractivity contribution in [2.75, 3.05) is 18.0 Å². The van der Waals surface area contributed by atoms with Crippen molar-refractivity contribution in [2.45, 2.75) is 13.8 Å². The fraction of sp³-hybridized carbons (Fsp3) is 0.308. The first-order valence-electron chi connectivity index (χ1n) is 4.92. The van der Waals surface area contributed by atoms with Gasteiger partial charge in [0, 0.05) is 6.54 Å². The second-order valence-electron chi connectivity index (χ2n) is 3.30. The molecule has 0 amide bonds. The molecule has 1 rings (SSSR count). The van der Waals surface area contributed by atoms with Gasteiger partial charge in [0.1, 0.15) is 6.07 Å². The molecule has 0 saturated carbocycles. The van der Waals surface area contributed by atoms with Crippen LogP contribution in [0.5, 0.6) is 0 Å². The van der Waals surface area contributed by atoms with E-state index in [1.165, 1.54) is 0 Å². The molecular weight excluding hydrogens is 184 g/mol. The lowest BCUT2D eigenvalue weighted by Gasteiger charge is -2.23. The predicted octanol–water partition coefficient (Wildman–Crippen LogP) is 2.33. The highest BCUT2D eigenvalue weighted by atomic mass is 15.1. The zero-order valence-corrected chi connectivity index (χ0v) is 9.12. The van der Waals surface area contributed by atoms with Crippen molar-refractivity contribution in [3.8, 4) is 18.4 Å². The molecule has 0 bridgehead atoms. The van der Waals surface area contributed by atoms with Crippen molar-refractivity contribution in [3.63, 3.8) is 0 Å². The minimum absolute atomic E-state index is 0.538. The van der Waals surface area contributed by atoms with Crippen molar-refractivity contribution in [2.24, 2.45) is 0 Å². The summed E-state index contributed by atoms with van der Waals surface area (Å²) in [6.45, 7) is 5.38. The molecule has 0 atom stereocenters. The van der Waals surface area contributed by atoms with E-state index >= 15 is 0 Å². The molecule has 0 aliphatic carbocycles. The third-order valence-corrected chi connectivity index (χ3v) is 2.34. The van der Waals surface area contributed by atoms with Crippen LogP contribution in [-0.4, -0.2) is 13.1 Å². The first-order valence-corrected chi connectivity index (χ1v) is 4.92. The zero-order valence-electron chi connectivity index (χ0n) is 9.12. The second kappa shape index (κ2) is 5.08. The number of para-hydroxylation sites is 1. The lowest BCUT2D eigenvalue weighted by Crippen LogP contribution is -2.24. The summed E-state index contributed by atoms with van der Waals surface area (Å²) in [5, 5.41) is 9.03. The summed E-state index contributed by atoms with van der Waals surface area (Å²) in [6.07, 6.45) is 5.31. The van der Waals surface area contributed by atoms with Crippen LogP contribution < -0.4 is 4.90 Å². The molecule has 0 fully saturated rings. The summed E-state index contributed by atoms with van der Waals surface area (Å²) in [5.74, 6) is 2.61. The third-order valence-electron chi connectivity index (χ3n) is 2.34. The van der Waals surface area contributed by atoms with Crippen LogP contribution in [0.15, 0.2) is 18.2 Å². The topological polar surface area (TPSA) is 27.0 Å². The van der Waals surface area contributed by atoms with Crippen molar-refractivity contribution in [1.82, 2.24) is 0 Å². The Kier molecular flexibility index (Phi) is 3.77. The highest BCUT2D eigenvalue weighted by Gasteiger charge is 2.10. The Bertz CT molecular complexity index is 421. The molecule has 1 aromatic rings. The Morgan fingerprint density at radius 3 is 2.73 bits per heavy atom. The van der Waals surface area contributed by atoms with E-state index < -0.39 is 0 Å². The van der Waals surface area contributed by atoms with E-state index in [1.807, 2.05) is 36.9 Å². The van der Waals surface area contributed by atoms with Crippen molar-refractivity contribution >= 4 is 5.69 Å². The molecular formula is C13H14N2. The Morgan fingerprint density at radius 1 is 1.47 bits per heavy atom. The van der Waals surface area contributed by atoms with Gasteiger partial charge in [0.05, 0.1) is 17.8 Å². The number of benzene rings is 1. The average molecular weight is 198 g/mol. The van der Waals surface area contributed by atoms with Gasteiger partial charge >= 0.3 is 0 Å². The summed E-state index contributed by atoms with van der Waals surface area (Å²) in [6, 6.07) is 7.91. The molecule has 0 aromatic heterocycles. The maximum absolute atomic E-state index is 9.03. The number of nitrogens with zero attached hydrogens (tertiary/aromatic N) is 2. The second-order valence-corrected chi connectivity index (χ2v) is 3.30. The fourth-order valence-corrected chi connectivity index (χ4v) is 1.63. The van der Waals surface area contributed by atoms with E-state index in [9.17, 15) is 0 Å². The van der Waals surface area contributed by atoms with Gasteiger partial charge in [-0.3, -0.25) is 0 Å². The Hall–Kier alpha value is -1.93. The Morgan fingerprint density at radius 2 is 2.20 bits per heavy atom. The molecule has 0 N–H and O–H groups in total. The monoisotopic (exact) mass is 198 g/mol. The number of hydrogen-bond donors (Lipinski definition) is 0. The largest absolute Gasteiger partial charge is 0.359 e. The quantitative estimate of drug-likeness (QED) is 0.697. The van der Waals surface area contributed by atoms with Gasteiger partial charge in [0.15, 0.2) is 0 Å². The number of terminal acetylenes is 1. The Labute approximate surface area is 91.1 Å². The van der Waals surface area contributed by atoms with Crippen molar-refractivity contribution < 1.29 is 0 Å². The lowest BCUT2D eigenvalue weighted by molar-refractivity contribution is 0.910. The molecule has 0 spiro atoms. The summed E-state index contributed by atoms with van der Waals surface area (Å²) >= 11 is 0. The molecule has 2 heteroatoms. The highest BCUT2D eigenvalue weighted by Crippen LogP contribution is 2.24. The summed E-state index contributed by atoms with van der Waals surface area (Å²) in [5.41, 5.74) is 2.73. The minimum atomic E-state index is 0.538. The van der Waals surface area contributed by atoms with Crippen LogP contribution in [0.2, 0.25) is 0 Å². The Balaban J connectivity index is 3.22. The molecule has 0 aliphatic rings. The number of hydrogen-bond acceptors (Lipinski definition) is 2. The first kappa shape index (κ1) is 11.1. The maximum Gasteiger partial charge on any atom is 0.101 e. The average Bonchev–Trinajstić information content (AvgIpc) is 2.26. The SMILES string of the molecule is C#CCN(CC)c1c(C)cccc1C#N. The summed E-state index contributed by atoms with van der Waals surface area (Å²) in [4.78, 5) is 2.04. The van der Waals surface area contributed by atoms with Crippen LogP contribution >= 0.6 is 0 Å². The summed E-state index contributed by atoms with van der Waals surface area (Å²) in [7, 11) is 0. The van der Waals surface area contributed by atoms with Crippen LogP contribution in [0, 0.1) is 30.6 Å². The van der Waals surface area contributed by atoms with Gasteiger partial charge in [-0.2, -0.15) is 5.26 Å². The molecule has 0 radical (unpaired) electrons. The standard InChI is InChI=1S/C13H14N2/c1-4-9-15(5-2)13-11(3)7-6-8-12(13)10-14/h1,6-8H,5,9H2,2-3H3. The van der Waals surface area contributed by atoms with Gasteiger partial charge in [0.2, 0.25) is 0 Å². The molecule has 1 aromatic carbocycles. The number of nitriles is 1. The zero-order chi connectivity index (χ0) is 11.3. The first-order chi connectivity index (χ1) is 7.24. The van der Waals surface area contributed by atoms with E-state index in [0.717, 1.165) is 17.8 Å². The minimum Gasteiger partial charge on any atom is -0.359 e. The van der Waals surface area contributed by atoms with Crippen molar-refractivity contribution in [1.29, 1.82) is 5.26 Å². The molecule has 0 heterocycles. The normalized spacial score (nSPS) is 9.07.